The highest BCUT2D eigenvalue weighted by atomic mass is 32.2. The van der Waals surface area contributed by atoms with E-state index in [9.17, 15) is 13.2 Å². The van der Waals surface area contributed by atoms with Crippen LogP contribution >= 0.6 is 0 Å². The van der Waals surface area contributed by atoms with E-state index >= 15 is 0 Å². The first-order chi connectivity index (χ1) is 16.4. The summed E-state index contributed by atoms with van der Waals surface area (Å²) in [5.41, 5.74) is 3.40. The lowest BCUT2D eigenvalue weighted by Gasteiger charge is -2.31. The first-order valence-electron chi connectivity index (χ1n) is 11.5. The van der Waals surface area contributed by atoms with Crippen molar-refractivity contribution in [1.82, 2.24) is 10.2 Å². The molecule has 0 bridgehead atoms. The van der Waals surface area contributed by atoms with Crippen LogP contribution in [0.2, 0.25) is 0 Å². The van der Waals surface area contributed by atoms with Crippen LogP contribution in [0.5, 0.6) is 0 Å². The molecule has 1 unspecified atom stereocenters. The smallest absolute Gasteiger partial charge is 0.251 e. The SMILES string of the molecule is CC1CN(Cc2cccc(CNC(=O)c3ccc(CS(=O)(=O)c4ccccc4)cc3)c2)CCO1. The van der Waals surface area contributed by atoms with Crippen LogP contribution in [-0.2, 0) is 33.4 Å². The first-order valence-corrected chi connectivity index (χ1v) is 13.1. The Bertz CT molecular complexity index is 1210. The van der Waals surface area contributed by atoms with Gasteiger partial charge in [0.15, 0.2) is 9.84 Å². The second-order valence-electron chi connectivity index (χ2n) is 8.69. The molecule has 1 aliphatic heterocycles. The predicted molar refractivity (Wildman–Crippen MR) is 132 cm³/mol. The molecule has 1 saturated heterocycles. The molecule has 1 N–H and O–H groups in total. The summed E-state index contributed by atoms with van der Waals surface area (Å²) in [5.74, 6) is -0.293. The molecule has 1 fully saturated rings. The minimum absolute atomic E-state index is 0.104. The van der Waals surface area contributed by atoms with E-state index in [0.717, 1.165) is 31.8 Å². The molecule has 0 aromatic heterocycles. The quantitative estimate of drug-likeness (QED) is 0.533. The van der Waals surface area contributed by atoms with E-state index < -0.39 is 9.84 Å². The molecule has 1 amide bonds. The van der Waals surface area contributed by atoms with Crippen molar-refractivity contribution in [2.75, 3.05) is 19.7 Å². The number of nitrogens with zero attached hydrogens (tertiary/aromatic N) is 1. The average molecular weight is 479 g/mol. The Morgan fingerprint density at radius 2 is 1.71 bits per heavy atom. The lowest BCUT2D eigenvalue weighted by atomic mass is 10.1. The molecule has 178 valence electrons. The summed E-state index contributed by atoms with van der Waals surface area (Å²) in [6, 6.07) is 23.4. The van der Waals surface area contributed by atoms with Gasteiger partial charge in [0.05, 0.1) is 23.4 Å². The van der Waals surface area contributed by atoms with E-state index in [2.05, 4.69) is 29.3 Å². The highest BCUT2D eigenvalue weighted by Crippen LogP contribution is 2.17. The zero-order valence-corrected chi connectivity index (χ0v) is 20.1. The number of ether oxygens (including phenoxy) is 1. The largest absolute Gasteiger partial charge is 0.376 e. The third kappa shape index (κ3) is 6.53. The van der Waals surface area contributed by atoms with Crippen molar-refractivity contribution in [3.63, 3.8) is 0 Å². The fourth-order valence-corrected chi connectivity index (χ4v) is 5.47. The predicted octanol–water partition coefficient (Wildman–Crippen LogP) is 3.81. The van der Waals surface area contributed by atoms with Crippen molar-refractivity contribution in [3.8, 4) is 0 Å². The number of rotatable bonds is 8. The van der Waals surface area contributed by atoms with E-state index in [1.54, 1.807) is 54.6 Å². The molecule has 6 nitrogen and oxygen atoms in total. The van der Waals surface area contributed by atoms with Crippen molar-refractivity contribution in [2.24, 2.45) is 0 Å². The Morgan fingerprint density at radius 1 is 0.971 bits per heavy atom. The van der Waals surface area contributed by atoms with Crippen molar-refractivity contribution in [1.29, 1.82) is 0 Å². The summed E-state index contributed by atoms with van der Waals surface area (Å²) in [5, 5.41) is 2.96. The Balaban J connectivity index is 1.32. The number of carbonyl (C=O) groups excluding carboxylic acids is 1. The highest BCUT2D eigenvalue weighted by Gasteiger charge is 2.17. The third-order valence-corrected chi connectivity index (χ3v) is 7.55. The second kappa shape index (κ2) is 11.0. The Kier molecular flexibility index (Phi) is 7.77. The van der Waals surface area contributed by atoms with Crippen LogP contribution in [0.15, 0.2) is 83.8 Å². The van der Waals surface area contributed by atoms with Crippen molar-refractivity contribution in [3.05, 3.63) is 101 Å². The van der Waals surface area contributed by atoms with E-state index in [0.29, 0.717) is 22.6 Å². The van der Waals surface area contributed by atoms with Crippen LogP contribution in [0.3, 0.4) is 0 Å². The zero-order chi connectivity index (χ0) is 24.0. The van der Waals surface area contributed by atoms with Gasteiger partial charge in [-0.1, -0.05) is 54.6 Å². The van der Waals surface area contributed by atoms with Crippen molar-refractivity contribution < 1.29 is 17.9 Å². The maximum absolute atomic E-state index is 12.6. The number of hydrogen-bond acceptors (Lipinski definition) is 5. The number of hydrogen-bond donors (Lipinski definition) is 1. The Labute approximate surface area is 201 Å². The van der Waals surface area contributed by atoms with Gasteiger partial charge in [-0.05, 0) is 47.9 Å². The highest BCUT2D eigenvalue weighted by molar-refractivity contribution is 7.90. The molecule has 1 atom stereocenters. The Morgan fingerprint density at radius 3 is 2.44 bits per heavy atom. The molecule has 0 saturated carbocycles. The van der Waals surface area contributed by atoms with Gasteiger partial charge >= 0.3 is 0 Å². The van der Waals surface area contributed by atoms with E-state index in [1.165, 1.54) is 5.56 Å². The summed E-state index contributed by atoms with van der Waals surface area (Å²) in [7, 11) is -3.42. The molecule has 0 aliphatic carbocycles. The standard InChI is InChI=1S/C27H30N2O4S/c1-21-18-29(14-15-33-21)19-24-7-5-6-23(16-24)17-28-27(30)25-12-10-22(11-13-25)20-34(31,32)26-8-3-2-4-9-26/h2-13,16,21H,14-15,17-20H2,1H3,(H,28,30). The molecule has 4 rings (SSSR count). The summed E-state index contributed by atoms with van der Waals surface area (Å²) >= 11 is 0. The van der Waals surface area contributed by atoms with Gasteiger partial charge in [0.2, 0.25) is 0 Å². The molecule has 1 aliphatic rings. The fourth-order valence-electron chi connectivity index (χ4n) is 4.10. The van der Waals surface area contributed by atoms with Gasteiger partial charge < -0.3 is 10.1 Å². The fraction of sp³-hybridized carbons (Fsp3) is 0.296. The third-order valence-electron chi connectivity index (χ3n) is 5.85. The molecule has 0 radical (unpaired) electrons. The maximum atomic E-state index is 12.6. The van der Waals surface area contributed by atoms with Crippen LogP contribution in [0.25, 0.3) is 0 Å². The number of carbonyl (C=O) groups is 1. The van der Waals surface area contributed by atoms with Crippen LogP contribution < -0.4 is 5.32 Å². The lowest BCUT2D eigenvalue weighted by molar-refractivity contribution is -0.0212. The van der Waals surface area contributed by atoms with Gasteiger partial charge in [0.1, 0.15) is 0 Å². The zero-order valence-electron chi connectivity index (χ0n) is 19.3. The van der Waals surface area contributed by atoms with Gasteiger partial charge in [-0.3, -0.25) is 9.69 Å². The molecule has 0 spiro atoms. The number of morpholine rings is 1. The normalized spacial score (nSPS) is 16.8. The minimum Gasteiger partial charge on any atom is -0.376 e. The maximum Gasteiger partial charge on any atom is 0.251 e. The van der Waals surface area contributed by atoms with Gasteiger partial charge in [-0.15, -0.1) is 0 Å². The van der Waals surface area contributed by atoms with Gasteiger partial charge in [0.25, 0.3) is 5.91 Å². The molecular weight excluding hydrogens is 448 g/mol. The molecular formula is C27H30N2O4S. The molecule has 7 heteroatoms. The van der Waals surface area contributed by atoms with Crippen molar-refractivity contribution in [2.45, 2.75) is 36.8 Å². The van der Waals surface area contributed by atoms with Gasteiger partial charge in [-0.2, -0.15) is 0 Å². The monoisotopic (exact) mass is 478 g/mol. The number of benzene rings is 3. The number of sulfone groups is 1. The summed E-state index contributed by atoms with van der Waals surface area (Å²) in [4.78, 5) is 15.3. The summed E-state index contributed by atoms with van der Waals surface area (Å²) in [6.45, 7) is 5.98. The molecule has 3 aromatic rings. The van der Waals surface area contributed by atoms with Crippen LogP contribution in [0.1, 0.15) is 34.0 Å². The van der Waals surface area contributed by atoms with Crippen molar-refractivity contribution >= 4 is 15.7 Å². The van der Waals surface area contributed by atoms with E-state index in [1.807, 2.05) is 12.1 Å². The van der Waals surface area contributed by atoms with E-state index in [-0.39, 0.29) is 17.8 Å². The number of amides is 1. The lowest BCUT2D eigenvalue weighted by Crippen LogP contribution is -2.40. The summed E-state index contributed by atoms with van der Waals surface area (Å²) in [6.07, 6.45) is 0.251. The second-order valence-corrected chi connectivity index (χ2v) is 10.7. The van der Waals surface area contributed by atoms with Crippen LogP contribution in [0.4, 0.5) is 0 Å². The number of nitrogens with one attached hydrogen (secondary N) is 1. The minimum atomic E-state index is -3.42. The van der Waals surface area contributed by atoms with Gasteiger partial charge in [0, 0.05) is 31.7 Å². The summed E-state index contributed by atoms with van der Waals surface area (Å²) < 4.78 is 30.7. The van der Waals surface area contributed by atoms with E-state index in [4.69, 9.17) is 4.74 Å². The van der Waals surface area contributed by atoms with Crippen LogP contribution in [-0.4, -0.2) is 45.0 Å². The topological polar surface area (TPSA) is 75.7 Å². The molecule has 1 heterocycles. The Hall–Kier alpha value is -3.00. The molecule has 34 heavy (non-hydrogen) atoms. The first kappa shape index (κ1) is 24.1. The average Bonchev–Trinajstić information content (AvgIpc) is 2.84. The molecule has 3 aromatic carbocycles. The van der Waals surface area contributed by atoms with Gasteiger partial charge in [-0.25, -0.2) is 8.42 Å². The van der Waals surface area contributed by atoms with Crippen LogP contribution in [0, 0.1) is 0 Å².